The van der Waals surface area contributed by atoms with E-state index in [1.54, 1.807) is 0 Å². The van der Waals surface area contributed by atoms with Gasteiger partial charge in [-0.1, -0.05) is 17.7 Å². The summed E-state index contributed by atoms with van der Waals surface area (Å²) in [6.07, 6.45) is 0. The Labute approximate surface area is 77.0 Å². The summed E-state index contributed by atoms with van der Waals surface area (Å²) in [7, 11) is 0. The standard InChI is InChI=1S/C9H12ClNO/c1-5-3-6(2)8(10)9(12)7(5)4-11/h3,12H,4,11H2,1-2H3. The van der Waals surface area contributed by atoms with Crippen molar-refractivity contribution in [3.05, 3.63) is 27.8 Å². The van der Waals surface area contributed by atoms with E-state index in [-0.39, 0.29) is 5.75 Å². The topological polar surface area (TPSA) is 46.2 Å². The van der Waals surface area contributed by atoms with E-state index in [2.05, 4.69) is 0 Å². The Balaban J connectivity index is 3.40. The predicted molar refractivity (Wildman–Crippen MR) is 50.5 cm³/mol. The lowest BCUT2D eigenvalue weighted by atomic mass is 10.0. The summed E-state index contributed by atoms with van der Waals surface area (Å²) in [5.41, 5.74) is 8.04. The maximum Gasteiger partial charge on any atom is 0.139 e. The van der Waals surface area contributed by atoms with E-state index in [9.17, 15) is 5.11 Å². The third kappa shape index (κ3) is 1.40. The fraction of sp³-hybridized carbons (Fsp3) is 0.333. The molecular formula is C9H12ClNO. The lowest BCUT2D eigenvalue weighted by Crippen LogP contribution is -2.00. The van der Waals surface area contributed by atoms with Gasteiger partial charge in [0.05, 0.1) is 5.02 Å². The second-order valence-electron chi connectivity index (χ2n) is 2.86. The monoisotopic (exact) mass is 185 g/mol. The van der Waals surface area contributed by atoms with Crippen LogP contribution in [-0.2, 0) is 6.54 Å². The van der Waals surface area contributed by atoms with Gasteiger partial charge in [-0.3, -0.25) is 0 Å². The van der Waals surface area contributed by atoms with Gasteiger partial charge in [-0.25, -0.2) is 0 Å². The molecule has 0 spiro atoms. The quantitative estimate of drug-likeness (QED) is 0.704. The molecule has 0 fully saturated rings. The van der Waals surface area contributed by atoms with Crippen LogP contribution < -0.4 is 5.73 Å². The minimum atomic E-state index is 0.122. The molecule has 3 heteroatoms. The molecule has 0 saturated carbocycles. The normalized spacial score (nSPS) is 10.3. The van der Waals surface area contributed by atoms with Crippen molar-refractivity contribution < 1.29 is 5.11 Å². The van der Waals surface area contributed by atoms with Crippen LogP contribution in [0, 0.1) is 13.8 Å². The summed E-state index contributed by atoms with van der Waals surface area (Å²) in [4.78, 5) is 0. The van der Waals surface area contributed by atoms with Gasteiger partial charge in [0.25, 0.3) is 0 Å². The molecule has 0 aliphatic heterocycles. The van der Waals surface area contributed by atoms with Crippen LogP contribution in [0.15, 0.2) is 6.07 Å². The Morgan fingerprint density at radius 1 is 1.42 bits per heavy atom. The summed E-state index contributed by atoms with van der Waals surface area (Å²) in [6.45, 7) is 4.08. The predicted octanol–water partition coefficient (Wildman–Crippen LogP) is 2.12. The molecule has 12 heavy (non-hydrogen) atoms. The number of hydrogen-bond donors (Lipinski definition) is 2. The zero-order valence-electron chi connectivity index (χ0n) is 7.19. The van der Waals surface area contributed by atoms with E-state index in [0.717, 1.165) is 16.7 Å². The fourth-order valence-electron chi connectivity index (χ4n) is 1.24. The zero-order chi connectivity index (χ0) is 9.30. The maximum atomic E-state index is 9.55. The Bertz CT molecular complexity index is 310. The van der Waals surface area contributed by atoms with Gasteiger partial charge in [0, 0.05) is 12.1 Å². The Hall–Kier alpha value is -0.730. The third-order valence-electron chi connectivity index (χ3n) is 1.95. The van der Waals surface area contributed by atoms with Crippen molar-refractivity contribution in [3.8, 4) is 5.75 Å². The molecule has 0 aromatic heterocycles. The second kappa shape index (κ2) is 3.33. The molecule has 66 valence electrons. The molecule has 0 atom stereocenters. The van der Waals surface area contributed by atoms with E-state index >= 15 is 0 Å². The molecule has 1 aromatic rings. The van der Waals surface area contributed by atoms with Crippen molar-refractivity contribution in [1.29, 1.82) is 0 Å². The highest BCUT2D eigenvalue weighted by molar-refractivity contribution is 6.32. The van der Waals surface area contributed by atoms with Gasteiger partial charge < -0.3 is 10.8 Å². The first-order valence-corrected chi connectivity index (χ1v) is 4.13. The van der Waals surface area contributed by atoms with Crippen LogP contribution in [0.4, 0.5) is 0 Å². The zero-order valence-corrected chi connectivity index (χ0v) is 7.94. The molecule has 2 nitrogen and oxygen atoms in total. The molecule has 3 N–H and O–H groups in total. The Morgan fingerprint density at radius 2 is 2.00 bits per heavy atom. The van der Waals surface area contributed by atoms with Crippen LogP contribution in [0.2, 0.25) is 5.02 Å². The van der Waals surface area contributed by atoms with E-state index in [4.69, 9.17) is 17.3 Å². The second-order valence-corrected chi connectivity index (χ2v) is 3.23. The van der Waals surface area contributed by atoms with Crippen molar-refractivity contribution in [1.82, 2.24) is 0 Å². The number of halogens is 1. The number of rotatable bonds is 1. The fourth-order valence-corrected chi connectivity index (χ4v) is 1.41. The van der Waals surface area contributed by atoms with Crippen molar-refractivity contribution in [3.63, 3.8) is 0 Å². The van der Waals surface area contributed by atoms with Crippen molar-refractivity contribution in [2.24, 2.45) is 5.73 Å². The van der Waals surface area contributed by atoms with Gasteiger partial charge in [-0.05, 0) is 25.0 Å². The van der Waals surface area contributed by atoms with Crippen LogP contribution in [0.5, 0.6) is 5.75 Å². The summed E-state index contributed by atoms with van der Waals surface area (Å²) in [5.74, 6) is 0.122. The van der Waals surface area contributed by atoms with Crippen LogP contribution in [0.25, 0.3) is 0 Å². The molecular weight excluding hydrogens is 174 g/mol. The molecule has 0 aliphatic rings. The number of benzene rings is 1. The highest BCUT2D eigenvalue weighted by atomic mass is 35.5. The minimum Gasteiger partial charge on any atom is -0.506 e. The molecule has 0 amide bonds. The maximum absolute atomic E-state index is 9.55. The average Bonchev–Trinajstić information content (AvgIpc) is 2.01. The number of aryl methyl sites for hydroxylation is 2. The molecule has 0 unspecified atom stereocenters. The molecule has 0 aliphatic carbocycles. The highest BCUT2D eigenvalue weighted by Gasteiger charge is 2.09. The van der Waals surface area contributed by atoms with E-state index in [1.165, 1.54) is 0 Å². The number of aromatic hydroxyl groups is 1. The summed E-state index contributed by atoms with van der Waals surface area (Å²) in [5, 5.41) is 9.95. The molecule has 1 rings (SSSR count). The van der Waals surface area contributed by atoms with E-state index in [1.807, 2.05) is 19.9 Å². The van der Waals surface area contributed by atoms with Crippen molar-refractivity contribution in [2.75, 3.05) is 0 Å². The number of phenols is 1. The molecule has 0 saturated heterocycles. The first-order valence-electron chi connectivity index (χ1n) is 3.75. The van der Waals surface area contributed by atoms with Gasteiger partial charge in [0.2, 0.25) is 0 Å². The lowest BCUT2D eigenvalue weighted by Gasteiger charge is -2.09. The summed E-state index contributed by atoms with van der Waals surface area (Å²) >= 11 is 5.83. The lowest BCUT2D eigenvalue weighted by molar-refractivity contribution is 0.467. The Morgan fingerprint density at radius 3 is 2.50 bits per heavy atom. The molecule has 0 bridgehead atoms. The number of nitrogens with two attached hydrogens (primary N) is 1. The summed E-state index contributed by atoms with van der Waals surface area (Å²) < 4.78 is 0. The number of phenolic OH excluding ortho intramolecular Hbond substituents is 1. The third-order valence-corrected chi connectivity index (χ3v) is 2.43. The van der Waals surface area contributed by atoms with Gasteiger partial charge in [0.1, 0.15) is 5.75 Å². The van der Waals surface area contributed by atoms with Crippen LogP contribution in [0.1, 0.15) is 16.7 Å². The molecule has 0 heterocycles. The highest BCUT2D eigenvalue weighted by Crippen LogP contribution is 2.32. The number of hydrogen-bond acceptors (Lipinski definition) is 2. The average molecular weight is 186 g/mol. The van der Waals surface area contributed by atoms with Gasteiger partial charge >= 0.3 is 0 Å². The largest absolute Gasteiger partial charge is 0.506 e. The SMILES string of the molecule is Cc1cc(C)c(CN)c(O)c1Cl. The van der Waals surface area contributed by atoms with Gasteiger partial charge in [-0.2, -0.15) is 0 Å². The van der Waals surface area contributed by atoms with Crippen LogP contribution >= 0.6 is 11.6 Å². The van der Waals surface area contributed by atoms with E-state index in [0.29, 0.717) is 11.6 Å². The molecule has 1 aromatic carbocycles. The van der Waals surface area contributed by atoms with E-state index < -0.39 is 0 Å². The molecule has 0 radical (unpaired) electrons. The van der Waals surface area contributed by atoms with Crippen molar-refractivity contribution in [2.45, 2.75) is 20.4 Å². The first kappa shape index (κ1) is 9.36. The van der Waals surface area contributed by atoms with Gasteiger partial charge in [0.15, 0.2) is 0 Å². The van der Waals surface area contributed by atoms with Crippen LogP contribution in [-0.4, -0.2) is 5.11 Å². The van der Waals surface area contributed by atoms with Crippen LogP contribution in [0.3, 0.4) is 0 Å². The van der Waals surface area contributed by atoms with Gasteiger partial charge in [-0.15, -0.1) is 0 Å². The summed E-state index contributed by atoms with van der Waals surface area (Å²) in [6, 6.07) is 1.92. The van der Waals surface area contributed by atoms with Crippen molar-refractivity contribution >= 4 is 11.6 Å². The minimum absolute atomic E-state index is 0.122. The Kier molecular flexibility index (Phi) is 2.60. The smallest absolute Gasteiger partial charge is 0.139 e. The first-order chi connectivity index (χ1) is 5.57.